The molecule has 29 heavy (non-hydrogen) atoms. The van der Waals surface area contributed by atoms with Crippen LogP contribution in [0.2, 0.25) is 0 Å². The maximum absolute atomic E-state index is 13.1. The van der Waals surface area contributed by atoms with Crippen molar-refractivity contribution in [2.24, 2.45) is 34.8 Å². The molecule has 1 saturated heterocycles. The Morgan fingerprint density at radius 1 is 1.10 bits per heavy atom. The summed E-state index contributed by atoms with van der Waals surface area (Å²) < 4.78 is 18.8. The van der Waals surface area contributed by atoms with Gasteiger partial charge in [-0.15, -0.1) is 0 Å². The summed E-state index contributed by atoms with van der Waals surface area (Å²) in [6.07, 6.45) is 11.9. The van der Waals surface area contributed by atoms with Crippen LogP contribution >= 0.6 is 0 Å². The highest BCUT2D eigenvalue weighted by atomic mass is 16.8. The Labute approximate surface area is 175 Å². The van der Waals surface area contributed by atoms with E-state index in [1.807, 2.05) is 0 Å². The predicted octanol–water partition coefficient (Wildman–Crippen LogP) is 4.18. The summed E-state index contributed by atoms with van der Waals surface area (Å²) >= 11 is 0. The number of hydrogen-bond donors (Lipinski definition) is 1. The van der Waals surface area contributed by atoms with Crippen LogP contribution in [0.3, 0.4) is 0 Å². The smallest absolute Gasteiger partial charge is 0.312 e. The van der Waals surface area contributed by atoms with Gasteiger partial charge in [-0.1, -0.05) is 33.1 Å². The Kier molecular flexibility index (Phi) is 5.03. The summed E-state index contributed by atoms with van der Waals surface area (Å²) in [7, 11) is 0. The van der Waals surface area contributed by atoms with Gasteiger partial charge in [0, 0.05) is 17.4 Å². The Hall–Kier alpha value is -0.650. The molecule has 5 rings (SSSR count). The van der Waals surface area contributed by atoms with Crippen LogP contribution in [-0.2, 0) is 19.0 Å². The van der Waals surface area contributed by atoms with Crippen molar-refractivity contribution in [2.75, 3.05) is 13.2 Å². The van der Waals surface area contributed by atoms with Gasteiger partial charge in [0.1, 0.15) is 12.7 Å². The van der Waals surface area contributed by atoms with E-state index in [1.165, 1.54) is 19.3 Å². The third kappa shape index (κ3) is 3.45. The van der Waals surface area contributed by atoms with Crippen LogP contribution in [0, 0.1) is 29.1 Å². The molecule has 1 spiro atoms. The molecule has 8 atom stereocenters. The molecular weight excluding hydrogens is 366 g/mol. The number of rotatable bonds is 3. The van der Waals surface area contributed by atoms with Crippen molar-refractivity contribution in [1.82, 2.24) is 0 Å². The number of carbonyl (C=O) groups excluding carboxylic acids is 1. The van der Waals surface area contributed by atoms with Gasteiger partial charge in [0.25, 0.3) is 0 Å². The molecule has 4 saturated carbocycles. The van der Waals surface area contributed by atoms with E-state index < -0.39 is 5.79 Å². The zero-order valence-electron chi connectivity index (χ0n) is 18.3. The first-order chi connectivity index (χ1) is 13.8. The highest BCUT2D eigenvalue weighted by Crippen LogP contribution is 2.54. The number of ether oxygens (including phenoxy) is 3. The van der Waals surface area contributed by atoms with Crippen LogP contribution in [0.1, 0.15) is 84.5 Å². The second-order valence-corrected chi connectivity index (χ2v) is 11.4. The van der Waals surface area contributed by atoms with Crippen molar-refractivity contribution in [2.45, 2.75) is 102 Å². The van der Waals surface area contributed by atoms with Crippen LogP contribution in [0.15, 0.2) is 0 Å². The lowest BCUT2D eigenvalue weighted by molar-refractivity contribution is -0.267. The molecule has 0 amide bonds. The molecule has 5 aliphatic rings. The standard InChI is InChI=1S/C24H39NO4/c1-16-9-18-5-3-7-22(10-16,12-18)21(26)27-14-20-15-28-24(29-20)17(2)11-23(25)8-4-6-19(24)13-23/h16-20H,3-15,25H2,1-2H3. The first-order valence-corrected chi connectivity index (χ1v) is 12.1. The molecule has 0 radical (unpaired) electrons. The quantitative estimate of drug-likeness (QED) is 0.714. The molecule has 8 unspecified atom stereocenters. The average molecular weight is 406 g/mol. The fourth-order valence-corrected chi connectivity index (χ4v) is 7.97. The van der Waals surface area contributed by atoms with Crippen molar-refractivity contribution in [3.8, 4) is 0 Å². The summed E-state index contributed by atoms with van der Waals surface area (Å²) in [5, 5.41) is 0. The van der Waals surface area contributed by atoms with Crippen molar-refractivity contribution in [1.29, 1.82) is 0 Å². The van der Waals surface area contributed by atoms with Gasteiger partial charge >= 0.3 is 5.97 Å². The van der Waals surface area contributed by atoms with Crippen LogP contribution < -0.4 is 5.73 Å². The van der Waals surface area contributed by atoms with E-state index in [0.717, 1.165) is 51.4 Å². The average Bonchev–Trinajstić information content (AvgIpc) is 3.10. The molecule has 5 fully saturated rings. The number of carbonyl (C=O) groups is 1. The largest absolute Gasteiger partial charge is 0.462 e. The summed E-state index contributed by atoms with van der Waals surface area (Å²) in [4.78, 5) is 13.1. The monoisotopic (exact) mass is 405 g/mol. The lowest BCUT2D eigenvalue weighted by atomic mass is 9.59. The van der Waals surface area contributed by atoms with Gasteiger partial charge in [-0.05, 0) is 63.2 Å². The minimum absolute atomic E-state index is 0.0219. The maximum atomic E-state index is 13.1. The van der Waals surface area contributed by atoms with Gasteiger partial charge in [0.05, 0.1) is 12.0 Å². The van der Waals surface area contributed by atoms with Crippen LogP contribution in [-0.4, -0.2) is 36.6 Å². The van der Waals surface area contributed by atoms with Gasteiger partial charge < -0.3 is 19.9 Å². The highest BCUT2D eigenvalue weighted by molar-refractivity contribution is 5.77. The molecule has 0 aromatic rings. The second kappa shape index (κ2) is 7.20. The fraction of sp³-hybridized carbons (Fsp3) is 0.958. The van der Waals surface area contributed by atoms with Crippen molar-refractivity contribution in [3.63, 3.8) is 0 Å². The van der Waals surface area contributed by atoms with Gasteiger partial charge in [0.15, 0.2) is 5.79 Å². The van der Waals surface area contributed by atoms with Gasteiger partial charge in [-0.3, -0.25) is 4.79 Å². The van der Waals surface area contributed by atoms with Crippen molar-refractivity contribution < 1.29 is 19.0 Å². The van der Waals surface area contributed by atoms with E-state index in [9.17, 15) is 4.79 Å². The third-order valence-corrected chi connectivity index (χ3v) is 8.95. The number of fused-ring (bicyclic) bond motifs is 5. The zero-order chi connectivity index (χ0) is 20.3. The Morgan fingerprint density at radius 3 is 2.79 bits per heavy atom. The van der Waals surface area contributed by atoms with Crippen LogP contribution in [0.4, 0.5) is 0 Å². The van der Waals surface area contributed by atoms with Crippen LogP contribution in [0.25, 0.3) is 0 Å². The molecular formula is C24H39NO4. The number of esters is 1. The number of hydrogen-bond acceptors (Lipinski definition) is 5. The maximum Gasteiger partial charge on any atom is 0.312 e. The SMILES string of the molecule is CC1CC2CCCC(C(=O)OCC3COC4(O3)C(C)CC3(N)CCCC4C3)(C1)C2. The Morgan fingerprint density at radius 2 is 1.93 bits per heavy atom. The molecule has 2 N–H and O–H groups in total. The van der Waals surface area contributed by atoms with Crippen molar-refractivity contribution in [3.05, 3.63) is 0 Å². The van der Waals surface area contributed by atoms with E-state index in [0.29, 0.717) is 31.0 Å². The first-order valence-electron chi connectivity index (χ1n) is 12.1. The summed E-state index contributed by atoms with van der Waals surface area (Å²) in [6, 6.07) is 0. The lowest BCUT2D eigenvalue weighted by Gasteiger charge is -2.54. The van der Waals surface area contributed by atoms with E-state index >= 15 is 0 Å². The minimum Gasteiger partial charge on any atom is -0.462 e. The normalized spacial score (nSPS) is 51.8. The molecule has 5 heteroatoms. The molecule has 164 valence electrons. The predicted molar refractivity (Wildman–Crippen MR) is 110 cm³/mol. The molecule has 0 aromatic carbocycles. The summed E-state index contributed by atoms with van der Waals surface area (Å²) in [5.41, 5.74) is 6.35. The van der Waals surface area contributed by atoms with Gasteiger partial charge in [0.2, 0.25) is 0 Å². The zero-order valence-corrected chi connectivity index (χ0v) is 18.3. The topological polar surface area (TPSA) is 70.8 Å². The van der Waals surface area contributed by atoms with E-state index in [-0.39, 0.29) is 28.9 Å². The molecule has 1 heterocycles. The second-order valence-electron chi connectivity index (χ2n) is 11.4. The third-order valence-electron chi connectivity index (χ3n) is 8.95. The minimum atomic E-state index is -0.520. The van der Waals surface area contributed by atoms with Gasteiger partial charge in [-0.2, -0.15) is 0 Å². The summed E-state index contributed by atoms with van der Waals surface area (Å²) in [6.45, 7) is 5.37. The molecule has 4 bridgehead atoms. The molecule has 1 aliphatic heterocycles. The molecule has 5 nitrogen and oxygen atoms in total. The van der Waals surface area contributed by atoms with Crippen LogP contribution in [0.5, 0.6) is 0 Å². The fourth-order valence-electron chi connectivity index (χ4n) is 7.97. The van der Waals surface area contributed by atoms with Crippen molar-refractivity contribution >= 4 is 5.97 Å². The highest BCUT2D eigenvalue weighted by Gasteiger charge is 2.59. The molecule has 4 aliphatic carbocycles. The summed E-state index contributed by atoms with van der Waals surface area (Å²) in [5.74, 6) is 1.48. The Bertz CT molecular complexity index is 647. The van der Waals surface area contributed by atoms with E-state index in [2.05, 4.69) is 13.8 Å². The lowest BCUT2D eigenvalue weighted by Crippen LogP contribution is -2.61. The first kappa shape index (κ1) is 20.3. The number of nitrogens with two attached hydrogens (primary N) is 1. The Balaban J connectivity index is 1.21. The van der Waals surface area contributed by atoms with E-state index in [1.54, 1.807) is 0 Å². The van der Waals surface area contributed by atoms with E-state index in [4.69, 9.17) is 19.9 Å². The molecule has 0 aromatic heterocycles. The van der Waals surface area contributed by atoms with Gasteiger partial charge in [-0.25, -0.2) is 0 Å².